The van der Waals surface area contributed by atoms with Crippen LogP contribution in [0.2, 0.25) is 0 Å². The molecule has 0 N–H and O–H groups in total. The van der Waals surface area contributed by atoms with Crippen molar-refractivity contribution in [2.75, 3.05) is 19.7 Å². The Balaban J connectivity index is 1.80. The summed E-state index contributed by atoms with van der Waals surface area (Å²) in [6.45, 7) is 7.54. The van der Waals surface area contributed by atoms with Gasteiger partial charge in [-0.3, -0.25) is 9.69 Å². The van der Waals surface area contributed by atoms with Gasteiger partial charge < -0.3 is 4.74 Å². The number of nitrogens with zero attached hydrogens (tertiary/aromatic N) is 1. The molecule has 0 saturated carbocycles. The second-order valence-electron chi connectivity index (χ2n) is 5.39. The third-order valence-electron chi connectivity index (χ3n) is 3.62. The molecule has 1 heterocycles. The lowest BCUT2D eigenvalue weighted by molar-refractivity contribution is -0.144. The van der Waals surface area contributed by atoms with Gasteiger partial charge >= 0.3 is 5.97 Å². The van der Waals surface area contributed by atoms with Crippen molar-refractivity contribution in [3.8, 4) is 0 Å². The predicted octanol–water partition coefficient (Wildman–Crippen LogP) is 2.77. The van der Waals surface area contributed by atoms with E-state index in [4.69, 9.17) is 4.74 Å². The molecule has 3 nitrogen and oxygen atoms in total. The molecule has 1 aromatic carbocycles. The van der Waals surface area contributed by atoms with Crippen molar-refractivity contribution in [3.05, 3.63) is 35.4 Å². The van der Waals surface area contributed by atoms with Gasteiger partial charge in [0.2, 0.25) is 0 Å². The molecule has 0 aliphatic carbocycles. The quantitative estimate of drug-likeness (QED) is 0.763. The van der Waals surface area contributed by atoms with Gasteiger partial charge in [-0.1, -0.05) is 29.8 Å². The van der Waals surface area contributed by atoms with Crippen LogP contribution < -0.4 is 0 Å². The Morgan fingerprint density at radius 2 is 2.32 bits per heavy atom. The van der Waals surface area contributed by atoms with Gasteiger partial charge in [0.25, 0.3) is 0 Å². The van der Waals surface area contributed by atoms with Crippen molar-refractivity contribution in [2.45, 2.75) is 33.2 Å². The summed E-state index contributed by atoms with van der Waals surface area (Å²) in [4.78, 5) is 13.9. The highest BCUT2D eigenvalue weighted by Crippen LogP contribution is 2.22. The summed E-state index contributed by atoms with van der Waals surface area (Å²) in [5.41, 5.74) is 2.66. The van der Waals surface area contributed by atoms with E-state index in [1.54, 1.807) is 0 Å². The zero-order valence-corrected chi connectivity index (χ0v) is 11.9. The standard InChI is InChI=1S/C16H23NO2/c1-3-19-16(18)10-15-7-8-17(12-15)11-14-6-4-5-13(2)9-14/h4-6,9,15H,3,7-8,10-12H2,1-2H3. The van der Waals surface area contributed by atoms with E-state index in [1.807, 2.05) is 6.92 Å². The van der Waals surface area contributed by atoms with Gasteiger partial charge in [-0.25, -0.2) is 0 Å². The molecule has 104 valence electrons. The Labute approximate surface area is 115 Å². The lowest BCUT2D eigenvalue weighted by atomic mass is 10.1. The second-order valence-corrected chi connectivity index (χ2v) is 5.39. The first kappa shape index (κ1) is 14.1. The van der Waals surface area contributed by atoms with Gasteiger partial charge in [-0.2, -0.15) is 0 Å². The molecule has 1 fully saturated rings. The summed E-state index contributed by atoms with van der Waals surface area (Å²) in [6, 6.07) is 8.64. The molecular weight excluding hydrogens is 238 g/mol. The van der Waals surface area contributed by atoms with E-state index in [-0.39, 0.29) is 5.97 Å². The molecule has 0 aromatic heterocycles. The number of ether oxygens (including phenoxy) is 1. The van der Waals surface area contributed by atoms with Crippen LogP contribution in [0.15, 0.2) is 24.3 Å². The number of carbonyl (C=O) groups is 1. The number of carbonyl (C=O) groups excluding carboxylic acids is 1. The maximum atomic E-state index is 11.5. The van der Waals surface area contributed by atoms with Gasteiger partial charge in [0.15, 0.2) is 0 Å². The first-order valence-electron chi connectivity index (χ1n) is 7.11. The van der Waals surface area contributed by atoms with Crippen LogP contribution in [0.5, 0.6) is 0 Å². The molecule has 1 unspecified atom stereocenters. The minimum absolute atomic E-state index is 0.0510. The molecule has 1 saturated heterocycles. The lowest BCUT2D eigenvalue weighted by Crippen LogP contribution is -2.21. The van der Waals surface area contributed by atoms with Crippen molar-refractivity contribution in [1.82, 2.24) is 4.90 Å². The minimum Gasteiger partial charge on any atom is -0.466 e. The van der Waals surface area contributed by atoms with E-state index in [0.29, 0.717) is 18.9 Å². The fraction of sp³-hybridized carbons (Fsp3) is 0.562. The third kappa shape index (κ3) is 4.35. The Hall–Kier alpha value is -1.35. The Kier molecular flexibility index (Phi) is 4.97. The van der Waals surface area contributed by atoms with Crippen LogP contribution in [0.4, 0.5) is 0 Å². The molecule has 0 amide bonds. The van der Waals surface area contributed by atoms with Gasteiger partial charge in [0, 0.05) is 19.5 Å². The average molecular weight is 261 g/mol. The summed E-state index contributed by atoms with van der Waals surface area (Å²) < 4.78 is 5.02. The number of esters is 1. The summed E-state index contributed by atoms with van der Waals surface area (Å²) in [6.07, 6.45) is 1.67. The van der Waals surface area contributed by atoms with Crippen LogP contribution >= 0.6 is 0 Å². The summed E-state index contributed by atoms with van der Waals surface area (Å²) >= 11 is 0. The van der Waals surface area contributed by atoms with Gasteiger partial charge in [0.1, 0.15) is 0 Å². The first-order valence-corrected chi connectivity index (χ1v) is 7.11. The highest BCUT2D eigenvalue weighted by molar-refractivity contribution is 5.69. The van der Waals surface area contributed by atoms with Crippen LogP contribution in [-0.4, -0.2) is 30.6 Å². The van der Waals surface area contributed by atoms with Crippen LogP contribution in [0.3, 0.4) is 0 Å². The number of benzene rings is 1. The van der Waals surface area contributed by atoms with Crippen LogP contribution in [0, 0.1) is 12.8 Å². The molecule has 2 rings (SSSR count). The van der Waals surface area contributed by atoms with Crippen molar-refractivity contribution in [2.24, 2.45) is 5.92 Å². The molecule has 1 aliphatic rings. The molecule has 0 bridgehead atoms. The monoisotopic (exact) mass is 261 g/mol. The van der Waals surface area contributed by atoms with Gasteiger partial charge in [-0.05, 0) is 38.3 Å². The molecule has 3 heteroatoms. The second kappa shape index (κ2) is 6.71. The Morgan fingerprint density at radius 3 is 3.05 bits per heavy atom. The lowest BCUT2D eigenvalue weighted by Gasteiger charge is -2.16. The predicted molar refractivity (Wildman–Crippen MR) is 75.8 cm³/mol. The maximum Gasteiger partial charge on any atom is 0.306 e. The molecule has 1 atom stereocenters. The Morgan fingerprint density at radius 1 is 1.47 bits per heavy atom. The summed E-state index contributed by atoms with van der Waals surface area (Å²) in [5.74, 6) is 0.411. The summed E-state index contributed by atoms with van der Waals surface area (Å²) in [7, 11) is 0. The van der Waals surface area contributed by atoms with Crippen molar-refractivity contribution >= 4 is 5.97 Å². The number of rotatable bonds is 5. The smallest absolute Gasteiger partial charge is 0.306 e. The molecule has 19 heavy (non-hydrogen) atoms. The van der Waals surface area contributed by atoms with E-state index in [2.05, 4.69) is 36.1 Å². The Bertz CT molecular complexity index is 431. The molecule has 1 aliphatic heterocycles. The van der Waals surface area contributed by atoms with Gasteiger partial charge in [-0.15, -0.1) is 0 Å². The number of aryl methyl sites for hydroxylation is 1. The highest BCUT2D eigenvalue weighted by Gasteiger charge is 2.24. The molecular formula is C16H23NO2. The van der Waals surface area contributed by atoms with Crippen molar-refractivity contribution < 1.29 is 9.53 Å². The highest BCUT2D eigenvalue weighted by atomic mass is 16.5. The van der Waals surface area contributed by atoms with Crippen LogP contribution in [-0.2, 0) is 16.1 Å². The number of hydrogen-bond donors (Lipinski definition) is 0. The van der Waals surface area contributed by atoms with E-state index in [0.717, 1.165) is 26.1 Å². The third-order valence-corrected chi connectivity index (χ3v) is 3.62. The fourth-order valence-corrected chi connectivity index (χ4v) is 2.75. The summed E-state index contributed by atoms with van der Waals surface area (Å²) in [5, 5.41) is 0. The first-order chi connectivity index (χ1) is 9.17. The number of hydrogen-bond acceptors (Lipinski definition) is 3. The molecule has 0 spiro atoms. The molecule has 1 aromatic rings. The maximum absolute atomic E-state index is 11.5. The zero-order chi connectivity index (χ0) is 13.7. The van der Waals surface area contributed by atoms with Crippen molar-refractivity contribution in [3.63, 3.8) is 0 Å². The molecule has 0 radical (unpaired) electrons. The average Bonchev–Trinajstić information content (AvgIpc) is 2.76. The van der Waals surface area contributed by atoms with Crippen molar-refractivity contribution in [1.29, 1.82) is 0 Å². The SMILES string of the molecule is CCOC(=O)CC1CCN(Cc2cccc(C)c2)C1. The van der Waals surface area contributed by atoms with E-state index < -0.39 is 0 Å². The fourth-order valence-electron chi connectivity index (χ4n) is 2.75. The van der Waals surface area contributed by atoms with E-state index in [1.165, 1.54) is 11.1 Å². The van der Waals surface area contributed by atoms with Crippen LogP contribution in [0.1, 0.15) is 30.9 Å². The zero-order valence-electron chi connectivity index (χ0n) is 11.9. The number of likely N-dealkylation sites (tertiary alicyclic amines) is 1. The van der Waals surface area contributed by atoms with E-state index >= 15 is 0 Å². The van der Waals surface area contributed by atoms with Gasteiger partial charge in [0.05, 0.1) is 6.61 Å². The minimum atomic E-state index is -0.0510. The van der Waals surface area contributed by atoms with Crippen LogP contribution in [0.25, 0.3) is 0 Å². The normalized spacial score (nSPS) is 19.6. The largest absolute Gasteiger partial charge is 0.466 e. The van der Waals surface area contributed by atoms with E-state index in [9.17, 15) is 4.79 Å². The topological polar surface area (TPSA) is 29.5 Å².